The minimum Gasteiger partial charge on any atom is -0.497 e. The predicted molar refractivity (Wildman–Crippen MR) is 103 cm³/mol. The minimum atomic E-state index is 0.857. The number of para-hydroxylation sites is 1. The third-order valence-electron chi connectivity index (χ3n) is 4.21. The van der Waals surface area contributed by atoms with Crippen molar-refractivity contribution in [3.05, 3.63) is 77.3 Å². The van der Waals surface area contributed by atoms with Gasteiger partial charge in [-0.1, -0.05) is 64.5 Å². The number of H-pyrrole nitrogens is 1. The predicted octanol–water partition coefficient (Wildman–Crippen LogP) is 6.27. The Kier molecular flexibility index (Phi) is 3.87. The molecule has 0 fully saturated rings. The molecule has 0 bridgehead atoms. The number of hydrogen-bond acceptors (Lipinski definition) is 1. The third-order valence-corrected chi connectivity index (χ3v) is 4.90. The summed E-state index contributed by atoms with van der Waals surface area (Å²) in [6, 6.07) is 24.9. The summed E-state index contributed by atoms with van der Waals surface area (Å²) < 4.78 is 6.48. The molecule has 1 N–H and O–H groups in total. The quantitative estimate of drug-likeness (QED) is 0.446. The fourth-order valence-corrected chi connectivity index (χ4v) is 3.57. The number of methoxy groups -OCH3 is 1. The number of halogens is 1. The van der Waals surface area contributed by atoms with Crippen molar-refractivity contribution in [2.24, 2.45) is 0 Å². The number of hydrogen-bond donors (Lipinski definition) is 1. The van der Waals surface area contributed by atoms with E-state index in [-0.39, 0.29) is 0 Å². The highest BCUT2D eigenvalue weighted by molar-refractivity contribution is 9.10. The largest absolute Gasteiger partial charge is 0.497 e. The Bertz CT molecular complexity index is 1020. The number of ether oxygens (including phenoxy) is 1. The number of fused-ring (bicyclic) bond motifs is 1. The van der Waals surface area contributed by atoms with Gasteiger partial charge in [-0.15, -0.1) is 0 Å². The van der Waals surface area contributed by atoms with Crippen LogP contribution in [0.25, 0.3) is 33.3 Å². The van der Waals surface area contributed by atoms with Gasteiger partial charge in [0.25, 0.3) is 0 Å². The molecule has 24 heavy (non-hydrogen) atoms. The van der Waals surface area contributed by atoms with Crippen molar-refractivity contribution in [3.63, 3.8) is 0 Å². The zero-order chi connectivity index (χ0) is 16.5. The highest BCUT2D eigenvalue weighted by atomic mass is 79.9. The minimum absolute atomic E-state index is 0.857. The Morgan fingerprint density at radius 3 is 2.50 bits per heavy atom. The molecule has 118 valence electrons. The highest BCUT2D eigenvalue weighted by Crippen LogP contribution is 2.41. The summed E-state index contributed by atoms with van der Waals surface area (Å²) in [6.45, 7) is 0. The van der Waals surface area contributed by atoms with Crippen LogP contribution < -0.4 is 4.74 Å². The molecule has 0 saturated carbocycles. The number of aromatic amines is 1. The SMILES string of the molecule is COc1cccc(-c2c(-c3ccccc3Br)[nH]c3ccccc23)c1. The van der Waals surface area contributed by atoms with Crippen LogP contribution in [0.15, 0.2) is 77.3 Å². The Morgan fingerprint density at radius 2 is 1.67 bits per heavy atom. The molecular formula is C21H16BrNO. The second-order valence-electron chi connectivity index (χ2n) is 5.63. The summed E-state index contributed by atoms with van der Waals surface area (Å²) in [6.07, 6.45) is 0. The molecule has 0 amide bonds. The summed E-state index contributed by atoms with van der Waals surface area (Å²) in [5.41, 5.74) is 5.71. The fourth-order valence-electron chi connectivity index (χ4n) is 3.09. The molecule has 0 aliphatic heterocycles. The maximum absolute atomic E-state index is 5.41. The first-order chi connectivity index (χ1) is 11.8. The molecule has 3 aromatic carbocycles. The van der Waals surface area contributed by atoms with Gasteiger partial charge in [0.05, 0.1) is 12.8 Å². The van der Waals surface area contributed by atoms with E-state index in [9.17, 15) is 0 Å². The number of rotatable bonds is 3. The van der Waals surface area contributed by atoms with Crippen LogP contribution in [0.2, 0.25) is 0 Å². The van der Waals surface area contributed by atoms with Crippen molar-refractivity contribution in [1.82, 2.24) is 4.98 Å². The lowest BCUT2D eigenvalue weighted by Crippen LogP contribution is -1.86. The monoisotopic (exact) mass is 377 g/mol. The van der Waals surface area contributed by atoms with E-state index in [2.05, 4.69) is 75.5 Å². The van der Waals surface area contributed by atoms with Gasteiger partial charge in [0, 0.05) is 26.5 Å². The smallest absolute Gasteiger partial charge is 0.119 e. The molecule has 3 heteroatoms. The molecular weight excluding hydrogens is 362 g/mol. The zero-order valence-electron chi connectivity index (χ0n) is 13.2. The first-order valence-electron chi connectivity index (χ1n) is 7.78. The van der Waals surface area contributed by atoms with Gasteiger partial charge in [-0.2, -0.15) is 0 Å². The van der Waals surface area contributed by atoms with Crippen molar-refractivity contribution in [2.45, 2.75) is 0 Å². The van der Waals surface area contributed by atoms with Crippen molar-refractivity contribution in [1.29, 1.82) is 0 Å². The lowest BCUT2D eigenvalue weighted by Gasteiger charge is -2.09. The van der Waals surface area contributed by atoms with Crippen LogP contribution in [0.5, 0.6) is 5.75 Å². The van der Waals surface area contributed by atoms with Gasteiger partial charge in [-0.25, -0.2) is 0 Å². The van der Waals surface area contributed by atoms with E-state index in [0.29, 0.717) is 0 Å². The summed E-state index contributed by atoms with van der Waals surface area (Å²) in [5, 5.41) is 1.21. The highest BCUT2D eigenvalue weighted by Gasteiger charge is 2.16. The Morgan fingerprint density at radius 1 is 0.875 bits per heavy atom. The third kappa shape index (κ3) is 2.51. The second-order valence-corrected chi connectivity index (χ2v) is 6.49. The van der Waals surface area contributed by atoms with E-state index in [4.69, 9.17) is 4.74 Å². The van der Waals surface area contributed by atoms with Crippen molar-refractivity contribution in [3.8, 4) is 28.1 Å². The number of benzene rings is 3. The topological polar surface area (TPSA) is 25.0 Å². The van der Waals surface area contributed by atoms with E-state index in [1.54, 1.807) is 7.11 Å². The maximum atomic E-state index is 5.41. The summed E-state index contributed by atoms with van der Waals surface area (Å²) in [4.78, 5) is 3.59. The van der Waals surface area contributed by atoms with E-state index in [0.717, 1.165) is 32.6 Å². The first kappa shape index (κ1) is 15.0. The lowest BCUT2D eigenvalue weighted by atomic mass is 9.98. The standard InChI is InChI=1S/C21H16BrNO/c1-24-15-8-6-7-14(13-15)20-17-10-3-5-12-19(17)23-21(20)16-9-2-4-11-18(16)22/h2-13,23H,1H3. The van der Waals surface area contributed by atoms with Crippen LogP contribution in [0.3, 0.4) is 0 Å². The summed E-state index contributed by atoms with van der Waals surface area (Å²) in [7, 11) is 1.70. The molecule has 0 saturated heterocycles. The molecule has 1 heterocycles. The van der Waals surface area contributed by atoms with Crippen LogP contribution >= 0.6 is 15.9 Å². The van der Waals surface area contributed by atoms with Gasteiger partial charge < -0.3 is 9.72 Å². The molecule has 0 aliphatic carbocycles. The molecule has 2 nitrogen and oxygen atoms in total. The van der Waals surface area contributed by atoms with Gasteiger partial charge in [-0.3, -0.25) is 0 Å². The van der Waals surface area contributed by atoms with Crippen molar-refractivity contribution >= 4 is 26.8 Å². The summed E-state index contributed by atoms with van der Waals surface area (Å²) >= 11 is 3.68. The van der Waals surface area contributed by atoms with Gasteiger partial charge in [0.1, 0.15) is 5.75 Å². The molecule has 1 aromatic heterocycles. The average molecular weight is 378 g/mol. The first-order valence-corrected chi connectivity index (χ1v) is 8.57. The molecule has 0 atom stereocenters. The van der Waals surface area contributed by atoms with Crippen LogP contribution in [0, 0.1) is 0 Å². The van der Waals surface area contributed by atoms with E-state index in [1.165, 1.54) is 10.9 Å². The molecule has 0 unspecified atom stereocenters. The van der Waals surface area contributed by atoms with Gasteiger partial charge in [0.2, 0.25) is 0 Å². The lowest BCUT2D eigenvalue weighted by molar-refractivity contribution is 0.415. The zero-order valence-corrected chi connectivity index (χ0v) is 14.8. The molecule has 4 rings (SSSR count). The van der Waals surface area contributed by atoms with Gasteiger partial charge in [-0.05, 0) is 29.8 Å². The Balaban J connectivity index is 2.06. The molecule has 0 radical (unpaired) electrons. The average Bonchev–Trinajstić information content (AvgIpc) is 3.01. The van der Waals surface area contributed by atoms with Gasteiger partial charge >= 0.3 is 0 Å². The van der Waals surface area contributed by atoms with E-state index in [1.807, 2.05) is 18.2 Å². The fraction of sp³-hybridized carbons (Fsp3) is 0.0476. The number of nitrogens with one attached hydrogen (secondary N) is 1. The molecule has 0 spiro atoms. The van der Waals surface area contributed by atoms with Crippen molar-refractivity contribution < 1.29 is 4.74 Å². The summed E-state index contributed by atoms with van der Waals surface area (Å²) in [5.74, 6) is 0.857. The second kappa shape index (κ2) is 6.17. The van der Waals surface area contributed by atoms with E-state index >= 15 is 0 Å². The van der Waals surface area contributed by atoms with E-state index < -0.39 is 0 Å². The van der Waals surface area contributed by atoms with Crippen molar-refractivity contribution in [2.75, 3.05) is 7.11 Å². The van der Waals surface area contributed by atoms with Crippen LogP contribution in [-0.2, 0) is 0 Å². The van der Waals surface area contributed by atoms with Crippen LogP contribution in [-0.4, -0.2) is 12.1 Å². The molecule has 0 aliphatic rings. The van der Waals surface area contributed by atoms with Crippen LogP contribution in [0.4, 0.5) is 0 Å². The Hall–Kier alpha value is -2.52. The maximum Gasteiger partial charge on any atom is 0.119 e. The van der Waals surface area contributed by atoms with Crippen LogP contribution in [0.1, 0.15) is 0 Å². The Labute approximate surface area is 149 Å². The molecule has 4 aromatic rings. The normalized spacial score (nSPS) is 10.9. The van der Waals surface area contributed by atoms with Gasteiger partial charge in [0.15, 0.2) is 0 Å². The number of aromatic nitrogens is 1.